The first-order valence-corrected chi connectivity index (χ1v) is 5.30. The van der Waals surface area contributed by atoms with Crippen LogP contribution in [-0.4, -0.2) is 27.8 Å². The number of amides is 1. The van der Waals surface area contributed by atoms with Crippen LogP contribution in [0.15, 0.2) is 12.5 Å². The van der Waals surface area contributed by atoms with Gasteiger partial charge in [0.2, 0.25) is 0 Å². The summed E-state index contributed by atoms with van der Waals surface area (Å²) in [6.07, 6.45) is 3.89. The van der Waals surface area contributed by atoms with Gasteiger partial charge in [-0.3, -0.25) is 0 Å². The van der Waals surface area contributed by atoms with Gasteiger partial charge in [-0.2, -0.15) is 0 Å². The highest BCUT2D eigenvalue weighted by Gasteiger charge is 2.15. The topological polar surface area (TPSA) is 56.2 Å². The van der Waals surface area contributed by atoms with E-state index in [1.54, 1.807) is 12.5 Å². The molecule has 1 aromatic heterocycles. The number of nitrogens with one attached hydrogen (secondary N) is 1. The van der Waals surface area contributed by atoms with Crippen LogP contribution in [0, 0.1) is 0 Å². The number of imidazole rings is 1. The lowest BCUT2D eigenvalue weighted by molar-refractivity contribution is 0.0528. The van der Waals surface area contributed by atoms with Crippen molar-refractivity contribution in [1.29, 1.82) is 0 Å². The minimum absolute atomic E-state index is 0.380. The molecule has 90 valence electrons. The predicted molar refractivity (Wildman–Crippen MR) is 61.1 cm³/mol. The fraction of sp³-hybridized carbons (Fsp3) is 0.636. The minimum atomic E-state index is -0.448. The average molecular weight is 225 g/mol. The SMILES string of the molecule is Cn1cncc1CCNC(=O)OC(C)(C)C. The van der Waals surface area contributed by atoms with Crippen molar-refractivity contribution < 1.29 is 9.53 Å². The van der Waals surface area contributed by atoms with Crippen molar-refractivity contribution in [2.45, 2.75) is 32.8 Å². The Labute approximate surface area is 95.8 Å². The summed E-state index contributed by atoms with van der Waals surface area (Å²) in [6, 6.07) is 0. The quantitative estimate of drug-likeness (QED) is 0.847. The zero-order chi connectivity index (χ0) is 12.2. The van der Waals surface area contributed by atoms with E-state index in [0.29, 0.717) is 6.54 Å². The van der Waals surface area contributed by atoms with Gasteiger partial charge in [0.25, 0.3) is 0 Å². The van der Waals surface area contributed by atoms with E-state index in [0.717, 1.165) is 12.1 Å². The second kappa shape index (κ2) is 5.01. The highest BCUT2D eigenvalue weighted by molar-refractivity contribution is 5.67. The molecule has 0 aliphatic heterocycles. The summed E-state index contributed by atoms with van der Waals surface area (Å²) in [7, 11) is 1.93. The first kappa shape index (κ1) is 12.5. The van der Waals surface area contributed by atoms with Gasteiger partial charge in [-0.05, 0) is 20.8 Å². The lowest BCUT2D eigenvalue weighted by Gasteiger charge is -2.19. The van der Waals surface area contributed by atoms with Gasteiger partial charge in [0.15, 0.2) is 0 Å². The Balaban J connectivity index is 2.26. The summed E-state index contributed by atoms with van der Waals surface area (Å²) in [4.78, 5) is 15.3. The largest absolute Gasteiger partial charge is 0.444 e. The molecule has 5 nitrogen and oxygen atoms in total. The van der Waals surface area contributed by atoms with Crippen molar-refractivity contribution in [3.63, 3.8) is 0 Å². The summed E-state index contributed by atoms with van der Waals surface area (Å²) >= 11 is 0. The molecule has 1 amide bonds. The first-order chi connectivity index (χ1) is 7.38. The van der Waals surface area contributed by atoms with Gasteiger partial charge >= 0.3 is 6.09 Å². The van der Waals surface area contributed by atoms with Gasteiger partial charge in [0.05, 0.1) is 6.33 Å². The van der Waals surface area contributed by atoms with Gasteiger partial charge in [-0.25, -0.2) is 9.78 Å². The molecular formula is C11H19N3O2. The summed E-state index contributed by atoms with van der Waals surface area (Å²) < 4.78 is 7.04. The van der Waals surface area contributed by atoms with E-state index in [4.69, 9.17) is 4.74 Å². The van der Waals surface area contributed by atoms with Crippen molar-refractivity contribution in [3.8, 4) is 0 Å². The molecule has 0 bridgehead atoms. The molecule has 0 atom stereocenters. The standard InChI is InChI=1S/C11H19N3O2/c1-11(2,3)16-10(15)13-6-5-9-7-12-8-14(9)4/h7-8H,5-6H2,1-4H3,(H,13,15). The molecule has 0 saturated carbocycles. The molecule has 1 heterocycles. The van der Waals surface area contributed by atoms with Gasteiger partial charge in [-0.15, -0.1) is 0 Å². The number of carbonyl (C=O) groups is 1. The molecule has 0 fully saturated rings. The van der Waals surface area contributed by atoms with E-state index in [-0.39, 0.29) is 6.09 Å². The fourth-order valence-corrected chi connectivity index (χ4v) is 1.23. The van der Waals surface area contributed by atoms with Crippen LogP contribution in [0.3, 0.4) is 0 Å². The Morgan fingerprint density at radius 3 is 2.75 bits per heavy atom. The van der Waals surface area contributed by atoms with E-state index in [2.05, 4.69) is 10.3 Å². The van der Waals surface area contributed by atoms with Gasteiger partial charge in [-0.1, -0.05) is 0 Å². The minimum Gasteiger partial charge on any atom is -0.444 e. The number of alkyl carbamates (subject to hydrolysis) is 1. The van der Waals surface area contributed by atoms with Gasteiger partial charge < -0.3 is 14.6 Å². The van der Waals surface area contributed by atoms with Crippen LogP contribution >= 0.6 is 0 Å². The van der Waals surface area contributed by atoms with Crippen LogP contribution in [0.1, 0.15) is 26.5 Å². The fourth-order valence-electron chi connectivity index (χ4n) is 1.23. The first-order valence-electron chi connectivity index (χ1n) is 5.30. The summed E-state index contributed by atoms with van der Waals surface area (Å²) in [5.41, 5.74) is 0.632. The van der Waals surface area contributed by atoms with E-state index >= 15 is 0 Å². The third-order valence-electron chi connectivity index (χ3n) is 1.97. The molecule has 0 aromatic carbocycles. The molecule has 0 aliphatic carbocycles. The maximum atomic E-state index is 11.3. The van der Waals surface area contributed by atoms with Crippen LogP contribution < -0.4 is 5.32 Å². The van der Waals surface area contributed by atoms with Crippen LogP contribution in [0.5, 0.6) is 0 Å². The molecule has 1 aromatic rings. The van der Waals surface area contributed by atoms with Crippen LogP contribution in [-0.2, 0) is 18.2 Å². The van der Waals surface area contributed by atoms with Crippen LogP contribution in [0.25, 0.3) is 0 Å². The van der Waals surface area contributed by atoms with Crippen molar-refractivity contribution in [2.24, 2.45) is 7.05 Å². The van der Waals surface area contributed by atoms with E-state index in [1.165, 1.54) is 0 Å². The number of hydrogen-bond acceptors (Lipinski definition) is 3. The third kappa shape index (κ3) is 4.33. The van der Waals surface area contributed by atoms with Crippen molar-refractivity contribution in [2.75, 3.05) is 6.54 Å². The molecule has 16 heavy (non-hydrogen) atoms. The highest BCUT2D eigenvalue weighted by atomic mass is 16.6. The Kier molecular flexibility index (Phi) is 3.93. The third-order valence-corrected chi connectivity index (χ3v) is 1.97. The number of hydrogen-bond donors (Lipinski definition) is 1. The second-order valence-corrected chi connectivity index (χ2v) is 4.67. The summed E-state index contributed by atoms with van der Waals surface area (Å²) in [5.74, 6) is 0. The van der Waals surface area contributed by atoms with Crippen LogP contribution in [0.4, 0.5) is 4.79 Å². The molecule has 0 spiro atoms. The van der Waals surface area contributed by atoms with E-state index in [1.807, 2.05) is 32.4 Å². The maximum absolute atomic E-state index is 11.3. The van der Waals surface area contributed by atoms with Crippen molar-refractivity contribution in [3.05, 3.63) is 18.2 Å². The molecule has 0 radical (unpaired) electrons. The number of ether oxygens (including phenoxy) is 1. The zero-order valence-electron chi connectivity index (χ0n) is 10.3. The number of aromatic nitrogens is 2. The normalized spacial score (nSPS) is 11.2. The molecule has 1 N–H and O–H groups in total. The highest BCUT2D eigenvalue weighted by Crippen LogP contribution is 2.06. The van der Waals surface area contributed by atoms with Gasteiger partial charge in [0, 0.05) is 31.9 Å². The van der Waals surface area contributed by atoms with Crippen molar-refractivity contribution >= 4 is 6.09 Å². The second-order valence-electron chi connectivity index (χ2n) is 4.67. The zero-order valence-corrected chi connectivity index (χ0v) is 10.3. The number of nitrogens with zero attached hydrogens (tertiary/aromatic N) is 2. The monoisotopic (exact) mass is 225 g/mol. The number of rotatable bonds is 3. The molecule has 0 aliphatic rings. The molecule has 5 heteroatoms. The summed E-state index contributed by atoms with van der Waals surface area (Å²) in [5, 5.41) is 2.70. The van der Waals surface area contributed by atoms with E-state index in [9.17, 15) is 4.79 Å². The van der Waals surface area contributed by atoms with Crippen LogP contribution in [0.2, 0.25) is 0 Å². The van der Waals surface area contributed by atoms with E-state index < -0.39 is 5.60 Å². The molecule has 0 unspecified atom stereocenters. The Bertz CT molecular complexity index is 352. The summed E-state index contributed by atoms with van der Waals surface area (Å²) in [6.45, 7) is 6.07. The van der Waals surface area contributed by atoms with Gasteiger partial charge in [0.1, 0.15) is 5.60 Å². The Morgan fingerprint density at radius 2 is 2.25 bits per heavy atom. The Morgan fingerprint density at radius 1 is 1.56 bits per heavy atom. The molecular weight excluding hydrogens is 206 g/mol. The molecule has 0 saturated heterocycles. The molecule has 1 rings (SSSR count). The average Bonchev–Trinajstić information content (AvgIpc) is 2.48. The maximum Gasteiger partial charge on any atom is 0.407 e. The Hall–Kier alpha value is -1.52. The van der Waals surface area contributed by atoms with Crippen molar-refractivity contribution in [1.82, 2.24) is 14.9 Å². The number of carbonyl (C=O) groups excluding carboxylic acids is 1. The number of aryl methyl sites for hydroxylation is 1. The smallest absolute Gasteiger partial charge is 0.407 e. The predicted octanol–water partition coefficient (Wildman–Crippen LogP) is 1.49. The lowest BCUT2D eigenvalue weighted by atomic mass is 10.2. The lowest BCUT2D eigenvalue weighted by Crippen LogP contribution is -2.33.